The second-order valence-corrected chi connectivity index (χ2v) is 7.03. The van der Waals surface area contributed by atoms with Gasteiger partial charge in [-0.1, -0.05) is 0 Å². The number of aryl methyl sites for hydroxylation is 1. The van der Waals surface area contributed by atoms with E-state index in [-0.39, 0.29) is 11.8 Å². The van der Waals surface area contributed by atoms with Crippen LogP contribution in [0, 0.1) is 12.8 Å². The minimum absolute atomic E-state index is 0.000386. The second kappa shape index (κ2) is 7.51. The molecule has 3 N–H and O–H groups in total. The molecule has 9 heteroatoms. The molecule has 142 valence electrons. The van der Waals surface area contributed by atoms with Crippen molar-refractivity contribution in [2.75, 3.05) is 5.32 Å². The van der Waals surface area contributed by atoms with Crippen LogP contribution >= 0.6 is 11.3 Å². The Morgan fingerprint density at radius 2 is 2.00 bits per heavy atom. The standard InChI is InChI=1S/C18H17F3N4OS/c1-10-16(27-9-23-10)17(26)25-13-6-4-12(5-7-13)24-14(11-2-3-11)8-15(22)18(19,20)21/h4-9,11H,2-3,22H2,1H3,(H,25,26). The quantitative estimate of drug-likeness (QED) is 0.728. The Kier molecular flexibility index (Phi) is 5.31. The van der Waals surface area contributed by atoms with Gasteiger partial charge in [0.1, 0.15) is 10.6 Å². The van der Waals surface area contributed by atoms with E-state index in [1.54, 1.807) is 36.7 Å². The summed E-state index contributed by atoms with van der Waals surface area (Å²) in [4.78, 5) is 21.0. The first-order valence-electron chi connectivity index (χ1n) is 8.18. The zero-order valence-corrected chi connectivity index (χ0v) is 15.2. The zero-order valence-electron chi connectivity index (χ0n) is 14.4. The number of aliphatic imine (C=N–C) groups is 1. The Bertz CT molecular complexity index is 896. The fourth-order valence-electron chi connectivity index (χ4n) is 2.34. The third-order valence-corrected chi connectivity index (χ3v) is 4.89. The number of anilines is 1. The number of benzene rings is 1. The lowest BCUT2D eigenvalue weighted by Gasteiger charge is -2.08. The molecule has 0 spiro atoms. The van der Waals surface area contributed by atoms with Crippen LogP contribution in [0.2, 0.25) is 0 Å². The van der Waals surface area contributed by atoms with Crippen LogP contribution in [0.3, 0.4) is 0 Å². The first-order chi connectivity index (χ1) is 12.7. The van der Waals surface area contributed by atoms with Gasteiger partial charge in [-0.3, -0.25) is 9.79 Å². The smallest absolute Gasteiger partial charge is 0.395 e. The number of rotatable bonds is 5. The topological polar surface area (TPSA) is 80.4 Å². The van der Waals surface area contributed by atoms with Crippen molar-refractivity contribution in [1.82, 2.24) is 4.98 Å². The van der Waals surface area contributed by atoms with E-state index in [4.69, 9.17) is 5.73 Å². The predicted molar refractivity (Wildman–Crippen MR) is 99.4 cm³/mol. The maximum atomic E-state index is 12.7. The van der Waals surface area contributed by atoms with Crippen LogP contribution in [-0.4, -0.2) is 22.8 Å². The fraction of sp³-hybridized carbons (Fsp3) is 0.278. The lowest BCUT2D eigenvalue weighted by molar-refractivity contribution is -0.0925. The number of allylic oxidation sites excluding steroid dienone is 2. The number of alkyl halides is 3. The molecule has 1 saturated carbocycles. The molecule has 1 fully saturated rings. The normalized spacial score (nSPS) is 15.7. The van der Waals surface area contributed by atoms with Crippen molar-refractivity contribution in [2.45, 2.75) is 25.9 Å². The number of nitrogens with zero attached hydrogens (tertiary/aromatic N) is 2. The molecule has 1 aromatic heterocycles. The molecule has 0 saturated heterocycles. The number of carbonyl (C=O) groups excluding carboxylic acids is 1. The second-order valence-electron chi connectivity index (χ2n) is 6.18. The van der Waals surface area contributed by atoms with Gasteiger partial charge < -0.3 is 11.1 Å². The average molecular weight is 394 g/mol. The maximum Gasteiger partial charge on any atom is 0.430 e. The van der Waals surface area contributed by atoms with Crippen LogP contribution in [0.5, 0.6) is 0 Å². The third kappa shape index (κ3) is 4.94. The molecule has 1 heterocycles. The van der Waals surface area contributed by atoms with Gasteiger partial charge in [0.05, 0.1) is 16.9 Å². The molecule has 0 aliphatic heterocycles. The van der Waals surface area contributed by atoms with Gasteiger partial charge in [0, 0.05) is 17.3 Å². The van der Waals surface area contributed by atoms with Crippen LogP contribution in [0.1, 0.15) is 28.2 Å². The molecular weight excluding hydrogens is 377 g/mol. The monoisotopic (exact) mass is 394 g/mol. The maximum absolute atomic E-state index is 12.7. The van der Waals surface area contributed by atoms with Crippen LogP contribution in [0.15, 0.2) is 46.5 Å². The van der Waals surface area contributed by atoms with Crippen molar-refractivity contribution in [3.8, 4) is 0 Å². The zero-order chi connectivity index (χ0) is 19.6. The van der Waals surface area contributed by atoms with Crippen molar-refractivity contribution in [1.29, 1.82) is 0 Å². The summed E-state index contributed by atoms with van der Waals surface area (Å²) in [6, 6.07) is 6.56. The summed E-state index contributed by atoms with van der Waals surface area (Å²) < 4.78 is 38.0. The van der Waals surface area contributed by atoms with E-state index in [1.165, 1.54) is 11.3 Å². The first-order valence-corrected chi connectivity index (χ1v) is 9.06. The van der Waals surface area contributed by atoms with E-state index in [0.717, 1.165) is 18.9 Å². The minimum Gasteiger partial charge on any atom is -0.395 e. The largest absolute Gasteiger partial charge is 0.430 e. The predicted octanol–water partition coefficient (Wildman–Crippen LogP) is 4.59. The van der Waals surface area contributed by atoms with E-state index in [0.29, 0.717) is 27.7 Å². The molecule has 1 amide bonds. The fourth-order valence-corrected chi connectivity index (χ4v) is 3.04. The van der Waals surface area contributed by atoms with Gasteiger partial charge in [0.2, 0.25) is 0 Å². The minimum atomic E-state index is -4.57. The number of amides is 1. The first kappa shape index (κ1) is 19.1. The third-order valence-electron chi connectivity index (χ3n) is 3.96. The Morgan fingerprint density at radius 3 is 2.52 bits per heavy atom. The summed E-state index contributed by atoms with van der Waals surface area (Å²) in [5.74, 6) is -0.259. The number of nitrogens with one attached hydrogen (secondary N) is 1. The van der Waals surface area contributed by atoms with E-state index in [2.05, 4.69) is 15.3 Å². The Morgan fingerprint density at radius 1 is 1.33 bits per heavy atom. The molecule has 1 aliphatic rings. The number of aromatic nitrogens is 1. The van der Waals surface area contributed by atoms with Gasteiger partial charge >= 0.3 is 6.18 Å². The average Bonchev–Trinajstić information content (AvgIpc) is 3.36. The highest BCUT2D eigenvalue weighted by molar-refractivity contribution is 7.12. The Hall–Kier alpha value is -2.68. The van der Waals surface area contributed by atoms with Crippen LogP contribution < -0.4 is 11.1 Å². The Balaban J connectivity index is 1.75. The summed E-state index contributed by atoms with van der Waals surface area (Å²) in [7, 11) is 0. The van der Waals surface area contributed by atoms with Crippen molar-refractivity contribution in [3.63, 3.8) is 0 Å². The van der Waals surface area contributed by atoms with Crippen LogP contribution in [0.25, 0.3) is 0 Å². The Labute approximate surface area is 157 Å². The summed E-state index contributed by atoms with van der Waals surface area (Å²) >= 11 is 1.25. The summed E-state index contributed by atoms with van der Waals surface area (Å²) in [6.45, 7) is 1.75. The van der Waals surface area contributed by atoms with Crippen molar-refractivity contribution < 1.29 is 18.0 Å². The van der Waals surface area contributed by atoms with Gasteiger partial charge in [-0.2, -0.15) is 13.2 Å². The van der Waals surface area contributed by atoms with Gasteiger partial charge in [-0.05, 0) is 50.1 Å². The molecule has 0 unspecified atom stereocenters. The number of nitrogens with two attached hydrogens (primary N) is 1. The van der Waals surface area contributed by atoms with Crippen molar-refractivity contribution in [3.05, 3.63) is 52.1 Å². The van der Waals surface area contributed by atoms with Gasteiger partial charge in [0.25, 0.3) is 5.91 Å². The molecule has 0 radical (unpaired) electrons. The lowest BCUT2D eigenvalue weighted by Crippen LogP contribution is -2.21. The number of thiazole rings is 1. The number of halogens is 3. The highest BCUT2D eigenvalue weighted by Gasteiger charge is 2.34. The van der Waals surface area contributed by atoms with Crippen molar-refractivity contribution >= 4 is 34.3 Å². The number of carbonyl (C=O) groups is 1. The van der Waals surface area contributed by atoms with E-state index in [1.807, 2.05) is 0 Å². The van der Waals surface area contributed by atoms with E-state index >= 15 is 0 Å². The molecular formula is C18H17F3N4OS. The molecule has 3 rings (SSSR count). The van der Waals surface area contributed by atoms with Crippen molar-refractivity contribution in [2.24, 2.45) is 16.6 Å². The van der Waals surface area contributed by atoms with E-state index < -0.39 is 11.9 Å². The summed E-state index contributed by atoms with van der Waals surface area (Å²) in [5, 5.41) is 2.76. The summed E-state index contributed by atoms with van der Waals surface area (Å²) in [5.41, 5.74) is 7.59. The SMILES string of the molecule is Cc1ncsc1C(=O)Nc1ccc(N=C(C=C(N)C(F)(F)F)C2CC2)cc1. The van der Waals surface area contributed by atoms with Gasteiger partial charge in [-0.25, -0.2) is 4.98 Å². The van der Waals surface area contributed by atoms with Gasteiger partial charge in [0.15, 0.2) is 0 Å². The van der Waals surface area contributed by atoms with Gasteiger partial charge in [-0.15, -0.1) is 11.3 Å². The van der Waals surface area contributed by atoms with Crippen LogP contribution in [0.4, 0.5) is 24.5 Å². The molecule has 27 heavy (non-hydrogen) atoms. The highest BCUT2D eigenvalue weighted by Crippen LogP contribution is 2.34. The summed E-state index contributed by atoms with van der Waals surface area (Å²) in [6.07, 6.45) is -2.08. The lowest BCUT2D eigenvalue weighted by atomic mass is 10.2. The molecule has 1 aromatic carbocycles. The highest BCUT2D eigenvalue weighted by atomic mass is 32.1. The van der Waals surface area contributed by atoms with Crippen LogP contribution in [-0.2, 0) is 0 Å². The molecule has 0 bridgehead atoms. The molecule has 0 atom stereocenters. The molecule has 1 aliphatic carbocycles. The molecule has 2 aromatic rings. The van der Waals surface area contributed by atoms with E-state index in [9.17, 15) is 18.0 Å². The molecule has 5 nitrogen and oxygen atoms in total. The number of hydrogen-bond donors (Lipinski definition) is 2. The number of hydrogen-bond acceptors (Lipinski definition) is 5.